The third-order valence-corrected chi connectivity index (χ3v) is 2.98. The average Bonchev–Trinajstić information content (AvgIpc) is 2.39. The first-order valence-electron chi connectivity index (χ1n) is 6.03. The second-order valence-corrected chi connectivity index (χ2v) is 4.57. The molecule has 0 bridgehead atoms. The predicted molar refractivity (Wildman–Crippen MR) is 67.9 cm³/mol. The van der Waals surface area contributed by atoms with Crippen molar-refractivity contribution < 1.29 is 17.6 Å². The number of hydrogen-bond donors (Lipinski definition) is 0. The minimum Gasteiger partial charge on any atom is -0.297 e. The molecule has 0 N–H and O–H groups in total. The molecule has 0 aliphatic carbocycles. The zero-order valence-corrected chi connectivity index (χ0v) is 10.8. The highest BCUT2D eigenvalue weighted by atomic mass is 19.1. The summed E-state index contributed by atoms with van der Waals surface area (Å²) in [6.07, 6.45) is 0. The van der Waals surface area contributed by atoms with E-state index in [0.717, 1.165) is 24.3 Å². The summed E-state index contributed by atoms with van der Waals surface area (Å²) in [5.74, 6) is -2.70. The summed E-state index contributed by atoms with van der Waals surface area (Å²) in [7, 11) is 1.54. The Labute approximate surface area is 114 Å². The van der Waals surface area contributed by atoms with E-state index in [-0.39, 0.29) is 24.2 Å². The van der Waals surface area contributed by atoms with Gasteiger partial charge in [-0.05, 0) is 31.3 Å². The molecule has 0 aliphatic rings. The van der Waals surface area contributed by atoms with Crippen LogP contribution >= 0.6 is 0 Å². The molecule has 0 saturated heterocycles. The van der Waals surface area contributed by atoms with Crippen molar-refractivity contribution in [3.8, 4) is 0 Å². The maximum Gasteiger partial charge on any atom is 0.130 e. The molecule has 106 valence electrons. The zero-order chi connectivity index (χ0) is 14.7. The van der Waals surface area contributed by atoms with Crippen LogP contribution < -0.4 is 0 Å². The number of halogens is 4. The van der Waals surface area contributed by atoms with Gasteiger partial charge in [0.05, 0.1) is 0 Å². The van der Waals surface area contributed by atoms with Gasteiger partial charge in [0.2, 0.25) is 0 Å². The van der Waals surface area contributed by atoms with Crippen LogP contribution in [-0.2, 0) is 13.1 Å². The summed E-state index contributed by atoms with van der Waals surface area (Å²) < 4.78 is 54.0. The lowest BCUT2D eigenvalue weighted by molar-refractivity contribution is 0.296. The number of benzene rings is 2. The molecule has 0 amide bonds. The van der Waals surface area contributed by atoms with Gasteiger partial charge in [-0.3, -0.25) is 4.90 Å². The summed E-state index contributed by atoms with van der Waals surface area (Å²) in [5, 5.41) is 0. The van der Waals surface area contributed by atoms with E-state index < -0.39 is 23.3 Å². The molecule has 0 atom stereocenters. The van der Waals surface area contributed by atoms with Crippen LogP contribution in [0.25, 0.3) is 0 Å². The van der Waals surface area contributed by atoms with Crippen LogP contribution in [-0.4, -0.2) is 11.9 Å². The van der Waals surface area contributed by atoms with E-state index >= 15 is 0 Å². The molecule has 2 rings (SSSR count). The van der Waals surface area contributed by atoms with Gasteiger partial charge in [0.15, 0.2) is 0 Å². The molecular weight excluding hydrogens is 270 g/mol. The molecule has 0 fully saturated rings. The second kappa shape index (κ2) is 6.05. The van der Waals surface area contributed by atoms with Crippen molar-refractivity contribution in [2.45, 2.75) is 13.1 Å². The lowest BCUT2D eigenvalue weighted by Crippen LogP contribution is -2.20. The highest BCUT2D eigenvalue weighted by Crippen LogP contribution is 2.18. The van der Waals surface area contributed by atoms with Gasteiger partial charge in [0.1, 0.15) is 23.3 Å². The Morgan fingerprint density at radius 2 is 1.00 bits per heavy atom. The van der Waals surface area contributed by atoms with Gasteiger partial charge in [-0.1, -0.05) is 12.1 Å². The van der Waals surface area contributed by atoms with Gasteiger partial charge in [0, 0.05) is 24.2 Å². The monoisotopic (exact) mass is 283 g/mol. The summed E-state index contributed by atoms with van der Waals surface area (Å²) in [6, 6.07) is 7.13. The van der Waals surface area contributed by atoms with E-state index in [1.54, 1.807) is 0 Å². The van der Waals surface area contributed by atoms with Gasteiger partial charge in [0.25, 0.3) is 0 Å². The van der Waals surface area contributed by atoms with Crippen molar-refractivity contribution in [2.75, 3.05) is 7.05 Å². The van der Waals surface area contributed by atoms with E-state index in [1.165, 1.54) is 24.1 Å². The fourth-order valence-electron chi connectivity index (χ4n) is 1.96. The van der Waals surface area contributed by atoms with Crippen LogP contribution in [0.1, 0.15) is 11.1 Å². The van der Waals surface area contributed by atoms with Crippen molar-refractivity contribution >= 4 is 0 Å². The summed E-state index contributed by atoms with van der Waals surface area (Å²) in [6.45, 7) is -0.154. The number of rotatable bonds is 4. The van der Waals surface area contributed by atoms with Crippen molar-refractivity contribution in [2.24, 2.45) is 0 Å². The van der Waals surface area contributed by atoms with Gasteiger partial charge >= 0.3 is 0 Å². The van der Waals surface area contributed by atoms with Crippen LogP contribution in [0.3, 0.4) is 0 Å². The van der Waals surface area contributed by atoms with Crippen molar-refractivity contribution in [1.82, 2.24) is 4.90 Å². The van der Waals surface area contributed by atoms with E-state index in [9.17, 15) is 17.6 Å². The Kier molecular flexibility index (Phi) is 4.39. The molecule has 0 spiro atoms. The summed E-state index contributed by atoms with van der Waals surface area (Å²) >= 11 is 0. The highest BCUT2D eigenvalue weighted by molar-refractivity contribution is 5.21. The molecule has 0 heterocycles. The molecule has 5 heteroatoms. The van der Waals surface area contributed by atoms with E-state index in [1.807, 2.05) is 0 Å². The van der Waals surface area contributed by atoms with Crippen LogP contribution in [0, 0.1) is 23.3 Å². The minimum atomic E-state index is -0.675. The topological polar surface area (TPSA) is 3.24 Å². The molecule has 1 nitrogen and oxygen atoms in total. The van der Waals surface area contributed by atoms with Gasteiger partial charge in [-0.15, -0.1) is 0 Å². The molecule has 20 heavy (non-hydrogen) atoms. The quantitative estimate of drug-likeness (QED) is 0.770. The molecule has 0 saturated carbocycles. The molecular formula is C15H13F4N. The Morgan fingerprint density at radius 1 is 0.700 bits per heavy atom. The third-order valence-electron chi connectivity index (χ3n) is 2.98. The Morgan fingerprint density at radius 3 is 1.30 bits per heavy atom. The van der Waals surface area contributed by atoms with Gasteiger partial charge in [-0.2, -0.15) is 0 Å². The predicted octanol–water partition coefficient (Wildman–Crippen LogP) is 3.88. The van der Waals surface area contributed by atoms with Crippen LogP contribution in [0.5, 0.6) is 0 Å². The summed E-state index contributed by atoms with van der Waals surface area (Å²) in [4.78, 5) is 1.45. The lowest BCUT2D eigenvalue weighted by Gasteiger charge is -2.18. The average molecular weight is 283 g/mol. The first kappa shape index (κ1) is 14.5. The fourth-order valence-corrected chi connectivity index (χ4v) is 1.96. The van der Waals surface area contributed by atoms with Gasteiger partial charge < -0.3 is 0 Å². The van der Waals surface area contributed by atoms with Crippen molar-refractivity contribution in [3.63, 3.8) is 0 Å². The number of hydrogen-bond acceptors (Lipinski definition) is 1. The largest absolute Gasteiger partial charge is 0.297 e. The van der Waals surface area contributed by atoms with E-state index in [0.29, 0.717) is 0 Å². The number of nitrogens with zero attached hydrogens (tertiary/aromatic N) is 1. The van der Waals surface area contributed by atoms with Crippen molar-refractivity contribution in [3.05, 3.63) is 70.8 Å². The first-order valence-corrected chi connectivity index (χ1v) is 6.03. The highest BCUT2D eigenvalue weighted by Gasteiger charge is 2.14. The molecule has 0 aromatic heterocycles. The fraction of sp³-hybridized carbons (Fsp3) is 0.200. The van der Waals surface area contributed by atoms with Crippen LogP contribution in [0.4, 0.5) is 17.6 Å². The Balaban J connectivity index is 2.15. The molecule has 0 unspecified atom stereocenters. The standard InChI is InChI=1S/C15H13F4N/c1-20(8-10-12(16)4-2-5-13(10)17)9-11-14(18)6-3-7-15(11)19/h2-7H,8-9H2,1H3. The van der Waals surface area contributed by atoms with Crippen LogP contribution in [0.15, 0.2) is 36.4 Å². The van der Waals surface area contributed by atoms with Gasteiger partial charge in [-0.25, -0.2) is 17.6 Å². The maximum absolute atomic E-state index is 13.5. The zero-order valence-electron chi connectivity index (χ0n) is 10.8. The van der Waals surface area contributed by atoms with Crippen LogP contribution in [0.2, 0.25) is 0 Å². The first-order chi connectivity index (χ1) is 9.49. The minimum absolute atomic E-state index is 0.0771. The lowest BCUT2D eigenvalue weighted by atomic mass is 10.1. The SMILES string of the molecule is CN(Cc1c(F)cccc1F)Cc1c(F)cccc1F. The van der Waals surface area contributed by atoms with Crippen molar-refractivity contribution in [1.29, 1.82) is 0 Å². The normalized spacial score (nSPS) is 11.1. The summed E-state index contributed by atoms with van der Waals surface area (Å²) in [5.41, 5.74) is -0.238. The second-order valence-electron chi connectivity index (χ2n) is 4.57. The molecule has 2 aromatic carbocycles. The third kappa shape index (κ3) is 3.17. The molecule has 0 radical (unpaired) electrons. The Bertz CT molecular complexity index is 519. The smallest absolute Gasteiger partial charge is 0.130 e. The van der Waals surface area contributed by atoms with E-state index in [2.05, 4.69) is 0 Å². The molecule has 2 aromatic rings. The van der Waals surface area contributed by atoms with E-state index in [4.69, 9.17) is 0 Å². The molecule has 0 aliphatic heterocycles. The maximum atomic E-state index is 13.5. The Hall–Kier alpha value is -1.88.